The molecule has 0 aliphatic carbocycles. The van der Waals surface area contributed by atoms with E-state index < -0.39 is 0 Å². The van der Waals surface area contributed by atoms with Crippen LogP contribution < -0.4 is 0 Å². The van der Waals surface area contributed by atoms with Crippen LogP contribution in [-0.2, 0) is 14.3 Å². The van der Waals surface area contributed by atoms with Gasteiger partial charge in [0.2, 0.25) is 0 Å². The van der Waals surface area contributed by atoms with Crippen LogP contribution in [0, 0.1) is 5.92 Å². The van der Waals surface area contributed by atoms with Crippen LogP contribution in [-0.4, -0.2) is 26.3 Å². The fourth-order valence-electron chi connectivity index (χ4n) is 1.18. The number of rotatable bonds is 7. The Morgan fingerprint density at radius 3 is 2.54 bits per heavy atom. The Morgan fingerprint density at radius 1 is 1.38 bits per heavy atom. The van der Waals surface area contributed by atoms with Crippen LogP contribution in [0.3, 0.4) is 0 Å². The first-order chi connectivity index (χ1) is 6.26. The maximum absolute atomic E-state index is 11.3. The lowest BCUT2D eigenvalue weighted by Gasteiger charge is -2.13. The fraction of sp³-hybridized carbons (Fsp3) is 0.900. The Kier molecular flexibility index (Phi) is 7.69. The van der Waals surface area contributed by atoms with E-state index in [4.69, 9.17) is 9.47 Å². The van der Waals surface area contributed by atoms with Gasteiger partial charge in [-0.2, -0.15) is 0 Å². The zero-order valence-corrected chi connectivity index (χ0v) is 8.84. The SMILES string of the molecule is CCCCC(COC)C(=O)OCC. The monoisotopic (exact) mass is 188 g/mol. The van der Waals surface area contributed by atoms with Crippen LogP contribution in [0.4, 0.5) is 0 Å². The highest BCUT2D eigenvalue weighted by Crippen LogP contribution is 2.10. The summed E-state index contributed by atoms with van der Waals surface area (Å²) in [6, 6.07) is 0. The molecular weight excluding hydrogens is 168 g/mol. The first kappa shape index (κ1) is 12.4. The van der Waals surface area contributed by atoms with Gasteiger partial charge in [0.1, 0.15) is 0 Å². The molecule has 13 heavy (non-hydrogen) atoms. The maximum atomic E-state index is 11.3. The Balaban J connectivity index is 3.83. The summed E-state index contributed by atoms with van der Waals surface area (Å²) in [5.74, 6) is -0.206. The number of esters is 1. The Bertz CT molecular complexity index is 134. The molecule has 0 aliphatic heterocycles. The summed E-state index contributed by atoms with van der Waals surface area (Å²) in [4.78, 5) is 11.3. The lowest BCUT2D eigenvalue weighted by Crippen LogP contribution is -2.22. The Morgan fingerprint density at radius 2 is 2.08 bits per heavy atom. The van der Waals surface area contributed by atoms with E-state index in [-0.39, 0.29) is 11.9 Å². The molecule has 0 saturated carbocycles. The van der Waals surface area contributed by atoms with Crippen molar-refractivity contribution in [2.45, 2.75) is 33.1 Å². The van der Waals surface area contributed by atoms with Crippen LogP contribution in [0.25, 0.3) is 0 Å². The maximum Gasteiger partial charge on any atom is 0.311 e. The molecule has 0 fully saturated rings. The van der Waals surface area contributed by atoms with Gasteiger partial charge in [-0.15, -0.1) is 0 Å². The number of carbonyl (C=O) groups excluding carboxylic acids is 1. The van der Waals surface area contributed by atoms with Gasteiger partial charge < -0.3 is 9.47 Å². The first-order valence-electron chi connectivity index (χ1n) is 4.91. The standard InChI is InChI=1S/C10H20O3/c1-4-6-7-9(8-12-3)10(11)13-5-2/h9H,4-8H2,1-3H3. The molecule has 3 heteroatoms. The minimum atomic E-state index is -0.127. The van der Waals surface area contributed by atoms with E-state index in [1.54, 1.807) is 7.11 Å². The van der Waals surface area contributed by atoms with Crippen molar-refractivity contribution in [1.82, 2.24) is 0 Å². The molecule has 0 aromatic carbocycles. The summed E-state index contributed by atoms with van der Waals surface area (Å²) >= 11 is 0. The van der Waals surface area contributed by atoms with Crippen molar-refractivity contribution in [3.63, 3.8) is 0 Å². The van der Waals surface area contributed by atoms with Gasteiger partial charge in [0, 0.05) is 7.11 Å². The van der Waals surface area contributed by atoms with Gasteiger partial charge in [-0.25, -0.2) is 0 Å². The first-order valence-corrected chi connectivity index (χ1v) is 4.91. The van der Waals surface area contributed by atoms with Crippen LogP contribution in [0.5, 0.6) is 0 Å². The molecule has 0 aliphatic rings. The third-order valence-corrected chi connectivity index (χ3v) is 1.89. The van der Waals surface area contributed by atoms with Crippen molar-refractivity contribution in [2.75, 3.05) is 20.3 Å². The highest BCUT2D eigenvalue weighted by atomic mass is 16.5. The van der Waals surface area contributed by atoms with Crippen molar-refractivity contribution in [3.8, 4) is 0 Å². The van der Waals surface area contributed by atoms with Crippen molar-refractivity contribution < 1.29 is 14.3 Å². The largest absolute Gasteiger partial charge is 0.466 e. The van der Waals surface area contributed by atoms with Gasteiger partial charge in [0.05, 0.1) is 19.1 Å². The summed E-state index contributed by atoms with van der Waals surface area (Å²) < 4.78 is 9.90. The average molecular weight is 188 g/mol. The summed E-state index contributed by atoms with van der Waals surface area (Å²) in [5, 5.41) is 0. The highest BCUT2D eigenvalue weighted by molar-refractivity contribution is 5.72. The summed E-state index contributed by atoms with van der Waals surface area (Å²) in [5.41, 5.74) is 0. The summed E-state index contributed by atoms with van der Waals surface area (Å²) in [6.07, 6.45) is 3.01. The molecule has 0 spiro atoms. The number of carbonyl (C=O) groups is 1. The lowest BCUT2D eigenvalue weighted by molar-refractivity contribution is -0.150. The van der Waals surface area contributed by atoms with Gasteiger partial charge in [-0.3, -0.25) is 4.79 Å². The molecule has 0 bridgehead atoms. The van der Waals surface area contributed by atoms with Crippen molar-refractivity contribution in [1.29, 1.82) is 0 Å². The second kappa shape index (κ2) is 8.05. The molecule has 0 N–H and O–H groups in total. The zero-order chi connectivity index (χ0) is 10.1. The second-order valence-corrected chi connectivity index (χ2v) is 3.05. The van der Waals surface area contributed by atoms with Crippen LogP contribution in [0.2, 0.25) is 0 Å². The summed E-state index contributed by atoms with van der Waals surface area (Å²) in [6.45, 7) is 4.85. The quantitative estimate of drug-likeness (QED) is 0.573. The molecule has 1 atom stereocenters. The predicted octanol–water partition coefficient (Wildman–Crippen LogP) is 2.00. The van der Waals surface area contributed by atoms with E-state index in [0.717, 1.165) is 19.3 Å². The number of methoxy groups -OCH3 is 1. The molecule has 0 rings (SSSR count). The highest BCUT2D eigenvalue weighted by Gasteiger charge is 2.18. The smallest absolute Gasteiger partial charge is 0.311 e. The second-order valence-electron chi connectivity index (χ2n) is 3.05. The molecule has 78 valence electrons. The van der Waals surface area contributed by atoms with E-state index in [9.17, 15) is 4.79 Å². The predicted molar refractivity (Wildman–Crippen MR) is 51.5 cm³/mol. The topological polar surface area (TPSA) is 35.5 Å². The minimum Gasteiger partial charge on any atom is -0.466 e. The fourth-order valence-corrected chi connectivity index (χ4v) is 1.18. The third kappa shape index (κ3) is 5.64. The average Bonchev–Trinajstić information content (AvgIpc) is 2.12. The van der Waals surface area contributed by atoms with E-state index >= 15 is 0 Å². The number of hydrogen-bond donors (Lipinski definition) is 0. The van der Waals surface area contributed by atoms with Crippen LogP contribution >= 0.6 is 0 Å². The summed E-state index contributed by atoms with van der Waals surface area (Å²) in [7, 11) is 1.61. The van der Waals surface area contributed by atoms with E-state index in [0.29, 0.717) is 13.2 Å². The molecule has 0 amide bonds. The van der Waals surface area contributed by atoms with Gasteiger partial charge in [0.15, 0.2) is 0 Å². The molecule has 1 unspecified atom stereocenters. The Labute approximate surface area is 80.4 Å². The van der Waals surface area contributed by atoms with E-state index in [1.165, 1.54) is 0 Å². The zero-order valence-electron chi connectivity index (χ0n) is 8.84. The van der Waals surface area contributed by atoms with Gasteiger partial charge in [-0.05, 0) is 13.3 Å². The van der Waals surface area contributed by atoms with Crippen LogP contribution in [0.15, 0.2) is 0 Å². The molecule has 0 radical (unpaired) electrons. The number of ether oxygens (including phenoxy) is 2. The molecule has 0 aromatic heterocycles. The van der Waals surface area contributed by atoms with E-state index in [2.05, 4.69) is 6.92 Å². The lowest BCUT2D eigenvalue weighted by atomic mass is 10.0. The van der Waals surface area contributed by atoms with Crippen molar-refractivity contribution >= 4 is 5.97 Å². The third-order valence-electron chi connectivity index (χ3n) is 1.89. The van der Waals surface area contributed by atoms with Crippen LogP contribution in [0.1, 0.15) is 33.1 Å². The molecule has 0 aromatic rings. The van der Waals surface area contributed by atoms with Gasteiger partial charge in [-0.1, -0.05) is 19.8 Å². The van der Waals surface area contributed by atoms with Gasteiger partial charge >= 0.3 is 5.97 Å². The minimum absolute atomic E-state index is 0.0788. The Hall–Kier alpha value is -0.570. The molecule has 0 saturated heterocycles. The van der Waals surface area contributed by atoms with Gasteiger partial charge in [0.25, 0.3) is 0 Å². The molecule has 0 heterocycles. The molecular formula is C10H20O3. The normalized spacial score (nSPS) is 12.5. The van der Waals surface area contributed by atoms with Crippen molar-refractivity contribution in [3.05, 3.63) is 0 Å². The van der Waals surface area contributed by atoms with E-state index in [1.807, 2.05) is 6.92 Å². The number of hydrogen-bond acceptors (Lipinski definition) is 3. The molecule has 3 nitrogen and oxygen atoms in total. The van der Waals surface area contributed by atoms with Crippen molar-refractivity contribution in [2.24, 2.45) is 5.92 Å². The number of unbranched alkanes of at least 4 members (excludes halogenated alkanes) is 1.